The van der Waals surface area contributed by atoms with E-state index in [0.29, 0.717) is 12.8 Å². The minimum absolute atomic E-state index is 0.0583. The van der Waals surface area contributed by atoms with Gasteiger partial charge in [-0.3, -0.25) is 14.4 Å². The van der Waals surface area contributed by atoms with E-state index in [1.165, 1.54) is 0 Å². The number of Topliss-reactive ketones (excluding diaryl/α,β-unsaturated/α-hetero) is 1. The van der Waals surface area contributed by atoms with Gasteiger partial charge in [-0.15, -0.1) is 0 Å². The monoisotopic (exact) mass is 526 g/mol. The summed E-state index contributed by atoms with van der Waals surface area (Å²) >= 11 is 0. The van der Waals surface area contributed by atoms with Crippen molar-refractivity contribution in [3.8, 4) is 0 Å². The van der Waals surface area contributed by atoms with Crippen LogP contribution >= 0.6 is 0 Å². The predicted molar refractivity (Wildman–Crippen MR) is 122 cm³/mol. The van der Waals surface area contributed by atoms with E-state index in [1.807, 2.05) is 19.9 Å². The molecule has 3 aliphatic carbocycles. The first kappa shape index (κ1) is 22.7. The number of allylic oxidation sites excluding steroid dienone is 1. The van der Waals surface area contributed by atoms with Crippen LogP contribution < -0.4 is 0 Å². The zero-order valence-corrected chi connectivity index (χ0v) is 21.5. The quantitative estimate of drug-likeness (QED) is 0.356. The maximum absolute atomic E-state index is 14.9. The van der Waals surface area contributed by atoms with Crippen molar-refractivity contribution in [1.82, 2.24) is 0 Å². The fourth-order valence-electron chi connectivity index (χ4n) is 10.9. The molecule has 1 N–H and O–H groups in total. The average molecular weight is 527 g/mol. The van der Waals surface area contributed by atoms with Crippen molar-refractivity contribution in [3.63, 3.8) is 0 Å². The smallest absolute Gasteiger partial charge is 0.342 e. The standard InChI is InChI=1S/C28H30O10/c1-22-10-17-24(3)28-18(22)19(30)27(38-28,34-11-14(22)20(31)35-17)13-9-16-26(36-16)7-4-5-15(29)23(26,2)12(13)6-8-25(28,33)21(32)37-24/h4-5,12-14,16-18,33H,6-11H2,1-3H3/t12-,13+,14-,16+,17-,18-,22-,23-,24-,25-,26+,27+,28-/m0/s1. The third-order valence-electron chi connectivity index (χ3n) is 12.9. The minimum Gasteiger partial charge on any atom is -0.458 e. The molecule has 5 bridgehead atoms. The number of fused-ring (bicyclic) bond motifs is 4. The summed E-state index contributed by atoms with van der Waals surface area (Å²) in [5.74, 6) is -6.56. The molecule has 2 saturated carbocycles. The number of aliphatic hydroxyl groups is 1. The van der Waals surface area contributed by atoms with Crippen LogP contribution in [0.25, 0.3) is 0 Å². The van der Waals surface area contributed by atoms with Gasteiger partial charge in [0, 0.05) is 5.92 Å². The summed E-state index contributed by atoms with van der Waals surface area (Å²) in [6, 6.07) is 0. The van der Waals surface area contributed by atoms with Gasteiger partial charge < -0.3 is 28.8 Å². The Kier molecular flexibility index (Phi) is 3.47. The minimum atomic E-state index is -2.19. The molecule has 38 heavy (non-hydrogen) atoms. The van der Waals surface area contributed by atoms with Crippen LogP contribution in [0.1, 0.15) is 52.9 Å². The van der Waals surface area contributed by atoms with Crippen molar-refractivity contribution in [1.29, 1.82) is 0 Å². The third-order valence-corrected chi connectivity index (χ3v) is 12.9. The number of hydrogen-bond acceptors (Lipinski definition) is 10. The van der Waals surface area contributed by atoms with Crippen molar-refractivity contribution in [2.24, 2.45) is 34.5 Å². The number of carbonyl (C=O) groups is 4. The normalized spacial score (nSPS) is 64.1. The summed E-state index contributed by atoms with van der Waals surface area (Å²) in [4.78, 5) is 55.6. The SMILES string of the molecule is C[C@]12C[C@@H]3OC(=O)[C@@H]1CO[C@]14O[C@@]5([C@H]2C1=O)[C@@]3(C)OC(=O)[C@@]5(O)CC[C@H]1[C@H]4C[C@H]2O[C@]23CC=CC(=O)[C@]13C. The van der Waals surface area contributed by atoms with E-state index in [4.69, 9.17) is 23.7 Å². The Hall–Kier alpha value is -2.14. The summed E-state index contributed by atoms with van der Waals surface area (Å²) in [5.41, 5.74) is -8.23. The summed E-state index contributed by atoms with van der Waals surface area (Å²) < 4.78 is 31.5. The van der Waals surface area contributed by atoms with Gasteiger partial charge in [0.15, 0.2) is 28.4 Å². The topological polar surface area (TPSA) is 138 Å². The molecule has 9 aliphatic rings. The molecule has 3 spiro atoms. The van der Waals surface area contributed by atoms with Crippen molar-refractivity contribution in [3.05, 3.63) is 12.2 Å². The van der Waals surface area contributed by atoms with Gasteiger partial charge >= 0.3 is 11.9 Å². The maximum atomic E-state index is 14.9. The van der Waals surface area contributed by atoms with Crippen LogP contribution in [0.4, 0.5) is 0 Å². The highest BCUT2D eigenvalue weighted by Crippen LogP contribution is 2.77. The van der Waals surface area contributed by atoms with Crippen LogP contribution in [0.3, 0.4) is 0 Å². The van der Waals surface area contributed by atoms with Gasteiger partial charge in [0.25, 0.3) is 0 Å². The number of esters is 2. The number of epoxide rings is 1. The number of ketones is 2. The van der Waals surface area contributed by atoms with E-state index < -0.39 is 80.7 Å². The van der Waals surface area contributed by atoms with E-state index in [9.17, 15) is 24.3 Å². The Morgan fingerprint density at radius 3 is 2.63 bits per heavy atom. The Labute approximate surface area is 218 Å². The van der Waals surface area contributed by atoms with Crippen molar-refractivity contribution >= 4 is 23.5 Å². The Bertz CT molecular complexity index is 1340. The van der Waals surface area contributed by atoms with Gasteiger partial charge in [0.1, 0.15) is 11.7 Å². The van der Waals surface area contributed by atoms with Gasteiger partial charge in [-0.25, -0.2) is 4.79 Å². The van der Waals surface area contributed by atoms with Crippen LogP contribution in [-0.2, 0) is 42.9 Å². The van der Waals surface area contributed by atoms with Crippen molar-refractivity contribution < 1.29 is 48.0 Å². The van der Waals surface area contributed by atoms with Crippen molar-refractivity contribution in [2.45, 2.75) is 93.3 Å². The summed E-state index contributed by atoms with van der Waals surface area (Å²) in [6.07, 6.45) is 3.82. The number of rotatable bonds is 0. The Morgan fingerprint density at radius 2 is 1.84 bits per heavy atom. The van der Waals surface area contributed by atoms with Gasteiger partial charge in [-0.2, -0.15) is 0 Å². The van der Waals surface area contributed by atoms with Crippen LogP contribution in [0.2, 0.25) is 0 Å². The van der Waals surface area contributed by atoms with E-state index in [0.717, 1.165) is 0 Å². The van der Waals surface area contributed by atoms with E-state index in [1.54, 1.807) is 13.0 Å². The lowest BCUT2D eigenvalue weighted by molar-refractivity contribution is -0.375. The molecule has 10 nitrogen and oxygen atoms in total. The molecule has 10 heteroatoms. The Balaban J connectivity index is 1.34. The van der Waals surface area contributed by atoms with Gasteiger partial charge in [0.05, 0.1) is 30.0 Å². The molecular formula is C28H30O10. The molecule has 0 radical (unpaired) electrons. The van der Waals surface area contributed by atoms with E-state index >= 15 is 0 Å². The second kappa shape index (κ2) is 5.82. The molecule has 202 valence electrons. The largest absolute Gasteiger partial charge is 0.458 e. The molecule has 9 rings (SSSR count). The number of carbonyl (C=O) groups excluding carboxylic acids is 4. The zero-order valence-electron chi connectivity index (χ0n) is 21.5. The average Bonchev–Trinajstić information content (AvgIpc) is 3.45. The van der Waals surface area contributed by atoms with Crippen LogP contribution in [0.5, 0.6) is 0 Å². The third kappa shape index (κ3) is 1.79. The number of hydrogen-bond donors (Lipinski definition) is 1. The summed E-state index contributed by atoms with van der Waals surface area (Å²) in [5, 5.41) is 12.4. The first-order valence-electron chi connectivity index (χ1n) is 13.8. The highest BCUT2D eigenvalue weighted by molar-refractivity contribution is 6.00. The molecular weight excluding hydrogens is 496 g/mol. The molecule has 8 fully saturated rings. The molecule has 0 aromatic heterocycles. The van der Waals surface area contributed by atoms with Gasteiger partial charge in [-0.05, 0) is 63.4 Å². The molecule has 6 saturated heterocycles. The summed E-state index contributed by atoms with van der Waals surface area (Å²) in [7, 11) is 0. The lowest BCUT2D eigenvalue weighted by Gasteiger charge is -2.63. The molecule has 13 atom stereocenters. The van der Waals surface area contributed by atoms with E-state index in [2.05, 4.69) is 0 Å². The second-order valence-corrected chi connectivity index (χ2v) is 13.8. The first-order chi connectivity index (χ1) is 17.9. The maximum Gasteiger partial charge on any atom is 0.342 e. The van der Waals surface area contributed by atoms with E-state index in [-0.39, 0.29) is 43.5 Å². The lowest BCUT2D eigenvalue weighted by Crippen LogP contribution is -2.79. The van der Waals surface area contributed by atoms with Crippen LogP contribution in [0, 0.1) is 34.5 Å². The lowest BCUT2D eigenvalue weighted by atomic mass is 9.46. The van der Waals surface area contributed by atoms with Crippen LogP contribution in [0.15, 0.2) is 12.2 Å². The molecule has 0 unspecified atom stereocenters. The summed E-state index contributed by atoms with van der Waals surface area (Å²) in [6.45, 7) is 5.27. The molecule has 0 aromatic carbocycles. The fraction of sp³-hybridized carbons (Fsp3) is 0.786. The van der Waals surface area contributed by atoms with Crippen LogP contribution in [-0.4, -0.2) is 75.6 Å². The predicted octanol–water partition coefficient (Wildman–Crippen LogP) is 0.768. The highest BCUT2D eigenvalue weighted by Gasteiger charge is 2.94. The zero-order chi connectivity index (χ0) is 26.5. The fourth-order valence-corrected chi connectivity index (χ4v) is 10.9. The van der Waals surface area contributed by atoms with Crippen molar-refractivity contribution in [2.75, 3.05) is 6.61 Å². The molecule has 0 amide bonds. The highest BCUT2D eigenvalue weighted by atomic mass is 16.8. The second-order valence-electron chi connectivity index (χ2n) is 13.8. The Morgan fingerprint density at radius 1 is 1.05 bits per heavy atom. The molecule has 6 aliphatic heterocycles. The number of ether oxygens (including phenoxy) is 5. The first-order valence-corrected chi connectivity index (χ1v) is 13.8. The van der Waals surface area contributed by atoms with Gasteiger partial charge in [-0.1, -0.05) is 13.0 Å². The molecule has 0 aromatic rings. The molecule has 6 heterocycles. The van der Waals surface area contributed by atoms with Gasteiger partial charge in [0.2, 0.25) is 5.79 Å².